The second kappa shape index (κ2) is 10.2. The average molecular weight is 625 g/mol. The van der Waals surface area contributed by atoms with Gasteiger partial charge in [0, 0.05) is 21.0 Å². The van der Waals surface area contributed by atoms with Crippen molar-refractivity contribution in [3.05, 3.63) is 109 Å². The Morgan fingerprint density at radius 3 is 2.31 bits per heavy atom. The first-order valence-electron chi connectivity index (χ1n) is 12.0. The van der Waals surface area contributed by atoms with Gasteiger partial charge in [0.05, 0.1) is 16.6 Å². The van der Waals surface area contributed by atoms with Gasteiger partial charge in [0.25, 0.3) is 0 Å². The molecule has 0 aliphatic carbocycles. The summed E-state index contributed by atoms with van der Waals surface area (Å²) in [6.45, 7) is -0.285. The van der Waals surface area contributed by atoms with Crippen molar-refractivity contribution in [1.82, 2.24) is 4.57 Å². The number of carbonyl (C=O) groups is 3. The number of amides is 3. The van der Waals surface area contributed by atoms with E-state index in [0.717, 1.165) is 33.1 Å². The number of fused-ring (bicyclic) bond motifs is 2. The highest BCUT2D eigenvalue weighted by atomic mass is 79.9. The molecule has 4 aromatic rings. The van der Waals surface area contributed by atoms with Crippen molar-refractivity contribution in [3.63, 3.8) is 0 Å². The molecule has 11 heteroatoms. The zero-order chi connectivity index (χ0) is 27.3. The summed E-state index contributed by atoms with van der Waals surface area (Å²) < 4.78 is 15.4. The molecule has 3 atom stereocenters. The van der Waals surface area contributed by atoms with Crippen molar-refractivity contribution in [2.75, 3.05) is 10.2 Å². The van der Waals surface area contributed by atoms with Crippen molar-refractivity contribution in [3.8, 4) is 0 Å². The molecule has 0 spiro atoms. The van der Waals surface area contributed by atoms with Crippen LogP contribution in [0.15, 0.2) is 93.2 Å². The van der Waals surface area contributed by atoms with Crippen LogP contribution in [0, 0.1) is 11.7 Å². The van der Waals surface area contributed by atoms with E-state index in [1.54, 1.807) is 24.3 Å². The Balaban J connectivity index is 1.39. The van der Waals surface area contributed by atoms with Crippen molar-refractivity contribution in [2.45, 2.75) is 22.7 Å². The first kappa shape index (κ1) is 25.7. The van der Waals surface area contributed by atoms with Crippen molar-refractivity contribution < 1.29 is 18.8 Å². The summed E-state index contributed by atoms with van der Waals surface area (Å²) >= 11 is 5.53. The summed E-state index contributed by atoms with van der Waals surface area (Å²) in [5, 5.41) is 2.42. The van der Waals surface area contributed by atoms with Crippen LogP contribution >= 0.6 is 39.0 Å². The number of imide groups is 1. The smallest absolute Gasteiger partial charge is 0.308 e. The highest BCUT2D eigenvalue weighted by molar-refractivity contribution is 9.10. The van der Waals surface area contributed by atoms with E-state index < -0.39 is 28.8 Å². The largest absolute Gasteiger partial charge is 0.325 e. The summed E-state index contributed by atoms with van der Waals surface area (Å²) in [7, 11) is 0. The quantitative estimate of drug-likeness (QED) is 0.307. The molecule has 0 bridgehead atoms. The molecular weight excluding hydrogens is 605 g/mol. The predicted molar refractivity (Wildman–Crippen MR) is 152 cm³/mol. The van der Waals surface area contributed by atoms with Gasteiger partial charge >= 0.3 is 4.87 Å². The maximum atomic E-state index is 13.8. The Labute approximate surface area is 238 Å². The number of nitrogens with zero attached hydrogens (tertiary/aromatic N) is 2. The molecule has 1 fully saturated rings. The molecule has 1 saturated heterocycles. The van der Waals surface area contributed by atoms with E-state index in [1.807, 2.05) is 30.3 Å². The Hall–Kier alpha value is -3.54. The predicted octanol–water partition coefficient (Wildman–Crippen LogP) is 5.25. The normalized spacial score (nSPS) is 20.1. The maximum Gasteiger partial charge on any atom is 0.308 e. The molecule has 3 amide bonds. The van der Waals surface area contributed by atoms with Gasteiger partial charge in [0.2, 0.25) is 17.7 Å². The molecule has 0 radical (unpaired) electrons. The number of thiazole rings is 1. The van der Waals surface area contributed by atoms with Crippen LogP contribution < -0.4 is 15.1 Å². The second-order valence-electron chi connectivity index (χ2n) is 9.12. The zero-order valence-corrected chi connectivity index (χ0v) is 23.3. The summed E-state index contributed by atoms with van der Waals surface area (Å²) in [6.07, 6.45) is 0. The number of hydrogen-bond donors (Lipinski definition) is 1. The van der Waals surface area contributed by atoms with Gasteiger partial charge in [0.1, 0.15) is 17.6 Å². The number of carbonyl (C=O) groups excluding carboxylic acids is 3. The van der Waals surface area contributed by atoms with Gasteiger partial charge in [0.15, 0.2) is 0 Å². The lowest BCUT2D eigenvalue weighted by molar-refractivity contribution is -0.122. The fourth-order valence-electron chi connectivity index (χ4n) is 5.00. The Morgan fingerprint density at radius 2 is 1.62 bits per heavy atom. The number of halogens is 2. The molecule has 3 heterocycles. The van der Waals surface area contributed by atoms with Crippen LogP contribution in [0.5, 0.6) is 0 Å². The van der Waals surface area contributed by atoms with Crippen molar-refractivity contribution in [1.29, 1.82) is 0 Å². The Morgan fingerprint density at radius 1 is 0.923 bits per heavy atom. The molecule has 0 unspecified atom stereocenters. The van der Waals surface area contributed by atoms with Crippen LogP contribution in [-0.4, -0.2) is 27.5 Å². The number of anilines is 2. The minimum Gasteiger partial charge on any atom is -0.325 e. The number of benzene rings is 3. The molecular formula is C28H19BrFN3O4S2. The molecule has 1 N–H and O–H groups in total. The van der Waals surface area contributed by atoms with Crippen LogP contribution in [0.1, 0.15) is 16.4 Å². The molecule has 1 aromatic heterocycles. The fourth-order valence-corrected chi connectivity index (χ4v) is 8.03. The highest BCUT2D eigenvalue weighted by Gasteiger charge is 2.56. The number of aromatic nitrogens is 1. The lowest BCUT2D eigenvalue weighted by Gasteiger charge is -2.30. The minimum absolute atomic E-state index is 0.285. The average Bonchev–Trinajstić information content (AvgIpc) is 3.37. The van der Waals surface area contributed by atoms with Crippen LogP contribution in [0.25, 0.3) is 0 Å². The third kappa shape index (κ3) is 4.64. The summed E-state index contributed by atoms with van der Waals surface area (Å²) in [5.41, 5.74) is 1.70. The van der Waals surface area contributed by atoms with E-state index in [0.29, 0.717) is 21.3 Å². The number of hydrogen-bond acceptors (Lipinski definition) is 6. The standard InChI is InChI=1S/C28H19BrFN3O4S2/c29-16-6-12-19(13-7-16)33-25(35)22-21(15-4-2-1-3-5-15)24-27(38-23(22)26(33)36)32(28(37)39-24)14-20(34)31-18-10-8-17(30)9-11-18/h1-13,21-23H,14H2,(H,31,34)/t21-,22+,23-/m0/s1. The molecule has 2 aliphatic rings. The SMILES string of the molecule is O=C(Cn1c2c(sc1=O)[C@@H](c1ccccc1)[C@H]1C(=O)N(c3ccc(Br)cc3)C(=O)[C@H]1S2)Nc1ccc(F)cc1. The van der Waals surface area contributed by atoms with E-state index in [-0.39, 0.29) is 23.2 Å². The van der Waals surface area contributed by atoms with Gasteiger partial charge in [-0.25, -0.2) is 9.29 Å². The van der Waals surface area contributed by atoms with Gasteiger partial charge in [-0.05, 0) is 54.1 Å². The van der Waals surface area contributed by atoms with Crippen molar-refractivity contribution >= 4 is 68.1 Å². The van der Waals surface area contributed by atoms with Crippen LogP contribution in [0.4, 0.5) is 15.8 Å². The third-order valence-corrected chi connectivity index (χ3v) is 9.85. The Kier molecular flexibility index (Phi) is 6.74. The van der Waals surface area contributed by atoms with E-state index in [9.17, 15) is 23.6 Å². The molecule has 7 nitrogen and oxygen atoms in total. The summed E-state index contributed by atoms with van der Waals surface area (Å²) in [4.78, 5) is 55.1. The molecule has 3 aromatic carbocycles. The molecule has 196 valence electrons. The van der Waals surface area contributed by atoms with Gasteiger partial charge in [-0.2, -0.15) is 0 Å². The second-order valence-corrected chi connectivity index (χ2v) is 12.2. The van der Waals surface area contributed by atoms with E-state index in [2.05, 4.69) is 21.2 Å². The first-order valence-corrected chi connectivity index (χ1v) is 14.4. The van der Waals surface area contributed by atoms with Crippen molar-refractivity contribution in [2.24, 2.45) is 5.92 Å². The van der Waals surface area contributed by atoms with Gasteiger partial charge in [-0.1, -0.05) is 69.4 Å². The van der Waals surface area contributed by atoms with E-state index in [1.165, 1.54) is 33.7 Å². The number of nitrogens with one attached hydrogen (secondary N) is 1. The van der Waals surface area contributed by atoms with Gasteiger partial charge < -0.3 is 5.32 Å². The maximum absolute atomic E-state index is 13.8. The molecule has 6 rings (SSSR count). The molecule has 2 aliphatic heterocycles. The van der Waals surface area contributed by atoms with Crippen LogP contribution in [-0.2, 0) is 20.9 Å². The summed E-state index contributed by atoms with van der Waals surface area (Å²) in [5.74, 6) is -2.80. The van der Waals surface area contributed by atoms with Crippen LogP contribution in [0.2, 0.25) is 0 Å². The highest BCUT2D eigenvalue weighted by Crippen LogP contribution is 2.53. The van der Waals surface area contributed by atoms with E-state index >= 15 is 0 Å². The Bertz CT molecular complexity index is 1660. The minimum atomic E-state index is -0.765. The monoisotopic (exact) mass is 623 g/mol. The fraction of sp³-hybridized carbons (Fsp3) is 0.143. The molecule has 0 saturated carbocycles. The number of thioether (sulfide) groups is 1. The summed E-state index contributed by atoms with van der Waals surface area (Å²) in [6, 6.07) is 21.6. The first-order chi connectivity index (χ1) is 18.8. The van der Waals surface area contributed by atoms with E-state index in [4.69, 9.17) is 0 Å². The lowest BCUT2D eigenvalue weighted by atomic mass is 9.83. The molecule has 39 heavy (non-hydrogen) atoms. The van der Waals surface area contributed by atoms with Gasteiger partial charge in [-0.15, -0.1) is 0 Å². The topological polar surface area (TPSA) is 88.5 Å². The van der Waals surface area contributed by atoms with Crippen LogP contribution in [0.3, 0.4) is 0 Å². The number of rotatable bonds is 5. The lowest BCUT2D eigenvalue weighted by Crippen LogP contribution is -2.33. The third-order valence-electron chi connectivity index (χ3n) is 6.72. The van der Waals surface area contributed by atoms with Gasteiger partial charge in [-0.3, -0.25) is 23.7 Å². The zero-order valence-electron chi connectivity index (χ0n) is 20.0.